The van der Waals surface area contributed by atoms with E-state index in [0.717, 1.165) is 84.9 Å². The summed E-state index contributed by atoms with van der Waals surface area (Å²) in [6.45, 7) is 1.55. The SMILES string of the molecule is C.C.O=C(Nc1ccc(C(F)(F)F)c(Cl)c1)N1CC=C(c2ncc([C@H](O)CO)cc2Cl)CC1.O=C(Nc1ccc(C(F)(F)F)c(Cl)c1)Oc1ccc([N+](=O)[O-])cc1.OC[C@@H](O)c1cnc(C2=CCNCC2)c(Cl)c1. The lowest BCUT2D eigenvalue weighted by Crippen LogP contribution is -2.38. The van der Waals surface area contributed by atoms with Gasteiger partial charge in [0.1, 0.15) is 18.0 Å². The molecule has 26 heteroatoms. The Hall–Kier alpha value is -6.08. The van der Waals surface area contributed by atoms with E-state index < -0.39 is 69.4 Å². The fourth-order valence-corrected chi connectivity index (χ4v) is 7.76. The summed E-state index contributed by atoms with van der Waals surface area (Å²) < 4.78 is 81.0. The molecule has 16 nitrogen and oxygen atoms in total. The number of ether oxygens (including phenoxy) is 1. The second-order valence-electron chi connectivity index (χ2n) is 15.3. The first-order valence-corrected chi connectivity index (χ1v) is 22.5. The molecule has 0 spiro atoms. The Kier molecular flexibility index (Phi) is 23.5. The van der Waals surface area contributed by atoms with Gasteiger partial charge in [0.2, 0.25) is 0 Å². The number of hydrogen-bond acceptors (Lipinski definition) is 12. The molecule has 7 N–H and O–H groups in total. The summed E-state index contributed by atoms with van der Waals surface area (Å²) >= 11 is 23.6. The van der Waals surface area contributed by atoms with Crippen molar-refractivity contribution in [3.05, 3.63) is 161 Å². The van der Waals surface area contributed by atoms with Crippen LogP contribution in [0.2, 0.25) is 20.1 Å². The normalized spacial score (nSPS) is 14.1. The van der Waals surface area contributed by atoms with E-state index in [1.807, 2.05) is 0 Å². The van der Waals surface area contributed by atoms with Crippen molar-refractivity contribution in [1.82, 2.24) is 20.2 Å². The molecular formula is C48H49Cl4F6N7O9. The average Bonchev–Trinajstić information content (AvgIpc) is 3.33. The predicted molar refractivity (Wildman–Crippen MR) is 270 cm³/mol. The van der Waals surface area contributed by atoms with Crippen LogP contribution in [0.5, 0.6) is 5.75 Å². The molecule has 0 saturated carbocycles. The molecule has 2 aliphatic rings. The summed E-state index contributed by atoms with van der Waals surface area (Å²) in [6.07, 6.45) is -3.97. The van der Waals surface area contributed by atoms with E-state index in [0.29, 0.717) is 39.8 Å². The molecule has 3 aromatic carbocycles. The molecule has 2 aliphatic heterocycles. The van der Waals surface area contributed by atoms with Gasteiger partial charge in [0, 0.05) is 66.7 Å². The number of alkyl halides is 6. The van der Waals surface area contributed by atoms with Crippen LogP contribution in [0.1, 0.15) is 73.5 Å². The number of urea groups is 1. The lowest BCUT2D eigenvalue weighted by atomic mass is 10.0. The largest absolute Gasteiger partial charge is 0.417 e. The highest BCUT2D eigenvalue weighted by atomic mass is 35.5. The number of rotatable bonds is 10. The highest BCUT2D eigenvalue weighted by molar-refractivity contribution is 6.33. The number of aliphatic hydroxyl groups excluding tert-OH is 4. The number of non-ortho nitro benzene ring substituents is 1. The molecule has 5 aromatic rings. The monoisotopic (exact) mass is 1120 g/mol. The Morgan fingerprint density at radius 1 is 0.730 bits per heavy atom. The van der Waals surface area contributed by atoms with E-state index >= 15 is 0 Å². The molecule has 2 atom stereocenters. The van der Waals surface area contributed by atoms with Crippen molar-refractivity contribution < 1.29 is 66.0 Å². The van der Waals surface area contributed by atoms with Crippen molar-refractivity contribution in [1.29, 1.82) is 0 Å². The first kappa shape index (κ1) is 62.2. The van der Waals surface area contributed by atoms with E-state index in [2.05, 4.69) is 32.0 Å². The summed E-state index contributed by atoms with van der Waals surface area (Å²) in [5.74, 6) is 0.0242. The van der Waals surface area contributed by atoms with Crippen LogP contribution in [0, 0.1) is 10.1 Å². The highest BCUT2D eigenvalue weighted by Crippen LogP contribution is 2.38. The van der Waals surface area contributed by atoms with E-state index in [9.17, 15) is 56.3 Å². The molecule has 0 aliphatic carbocycles. The number of carbonyl (C=O) groups is 2. The molecule has 3 amide bonds. The third-order valence-corrected chi connectivity index (χ3v) is 11.5. The number of carbonyl (C=O) groups excluding carboxylic acids is 2. The maximum Gasteiger partial charge on any atom is 0.417 e. The maximum absolute atomic E-state index is 12.8. The number of nitro groups is 1. The van der Waals surface area contributed by atoms with Crippen molar-refractivity contribution in [3.8, 4) is 5.75 Å². The van der Waals surface area contributed by atoms with Gasteiger partial charge in [0.15, 0.2) is 0 Å². The van der Waals surface area contributed by atoms with Gasteiger partial charge in [-0.1, -0.05) is 73.4 Å². The molecule has 0 bridgehead atoms. The van der Waals surface area contributed by atoms with Gasteiger partial charge in [-0.15, -0.1) is 0 Å². The molecule has 74 heavy (non-hydrogen) atoms. The summed E-state index contributed by atoms with van der Waals surface area (Å²) in [6, 6.07) is 13.1. The lowest BCUT2D eigenvalue weighted by Gasteiger charge is -2.27. The minimum absolute atomic E-state index is 0. The van der Waals surface area contributed by atoms with Gasteiger partial charge in [0.25, 0.3) is 5.69 Å². The smallest absolute Gasteiger partial charge is 0.410 e. The minimum atomic E-state index is -4.60. The van der Waals surface area contributed by atoms with Crippen LogP contribution in [0.4, 0.5) is 53.0 Å². The number of nitrogens with zero attached hydrogens (tertiary/aromatic N) is 4. The molecule has 0 fully saturated rings. The summed E-state index contributed by atoms with van der Waals surface area (Å²) in [5, 5.41) is 55.2. The van der Waals surface area contributed by atoms with Crippen LogP contribution >= 0.6 is 46.4 Å². The average molecular weight is 1120 g/mol. The van der Waals surface area contributed by atoms with Crippen molar-refractivity contribution in [2.24, 2.45) is 0 Å². The predicted octanol–water partition coefficient (Wildman–Crippen LogP) is 12.0. The number of benzene rings is 3. The van der Waals surface area contributed by atoms with E-state index in [4.69, 9.17) is 61.4 Å². The first-order chi connectivity index (χ1) is 34.0. The number of pyridine rings is 2. The highest BCUT2D eigenvalue weighted by Gasteiger charge is 2.34. The van der Waals surface area contributed by atoms with Crippen LogP contribution in [0.3, 0.4) is 0 Å². The second kappa shape index (κ2) is 28.0. The number of amides is 3. The Balaban J connectivity index is 0.000000301. The lowest BCUT2D eigenvalue weighted by molar-refractivity contribution is -0.384. The third-order valence-electron chi connectivity index (χ3n) is 10.3. The number of aliphatic hydroxyl groups is 4. The number of anilines is 2. The number of nitrogens with one attached hydrogen (secondary N) is 3. The number of halogens is 10. The Bertz CT molecular complexity index is 2810. The van der Waals surface area contributed by atoms with E-state index in [1.54, 1.807) is 18.3 Å². The van der Waals surface area contributed by atoms with Crippen molar-refractivity contribution >= 4 is 86.7 Å². The second-order valence-corrected chi connectivity index (χ2v) is 16.9. The summed E-state index contributed by atoms with van der Waals surface area (Å²) in [4.78, 5) is 44.0. The molecule has 2 aromatic heterocycles. The topological polar surface area (TPSA) is 233 Å². The van der Waals surface area contributed by atoms with E-state index in [-0.39, 0.29) is 50.8 Å². The molecular weight excluding hydrogens is 1070 g/mol. The van der Waals surface area contributed by atoms with E-state index in [1.165, 1.54) is 29.3 Å². The standard InChI is InChI=1S/C20H18Cl2F3N3O3.C14H8ClF3N2O4.C12H15ClN2O2.2CH4/c21-15-8-13(1-2-14(15)20(23,24)25)27-19(31)28-5-3-11(4-6-28)18-16(22)7-12(9-26-18)17(30)10-29;15-12-7-8(1-6-11(12)14(16,17)18)19-13(21)24-10-4-2-9(3-5-10)20(22)23;13-10-5-9(11(17)7-16)6-15-12(10)8-1-3-14-4-2-8;;/h1-3,7-9,17,29-30H,4-6,10H2,(H,27,31);1-7H,(H,19,21);1,5-6,11,14,16-17H,2-4,7H2;2*1H4/t17-;;11-;;/m1.1../s1. The third kappa shape index (κ3) is 17.5. The Morgan fingerprint density at radius 3 is 1.61 bits per heavy atom. The zero-order valence-electron chi connectivity index (χ0n) is 36.9. The molecule has 0 radical (unpaired) electrons. The number of nitro benzene ring substituents is 1. The maximum atomic E-state index is 12.8. The fourth-order valence-electron chi connectivity index (χ4n) is 6.59. The molecule has 400 valence electrons. The molecule has 7 rings (SSSR count). The number of aromatic nitrogens is 2. The minimum Gasteiger partial charge on any atom is -0.410 e. The van der Waals surface area contributed by atoms with Crippen LogP contribution in [-0.2, 0) is 12.4 Å². The molecule has 4 heterocycles. The van der Waals surface area contributed by atoms with Crippen LogP contribution in [-0.4, -0.2) is 91.7 Å². The van der Waals surface area contributed by atoms with Crippen LogP contribution in [0.25, 0.3) is 11.1 Å². The van der Waals surface area contributed by atoms with Gasteiger partial charge in [-0.25, -0.2) is 9.59 Å². The first-order valence-electron chi connectivity index (χ1n) is 21.0. The zero-order chi connectivity index (χ0) is 52.9. The Morgan fingerprint density at radius 2 is 1.22 bits per heavy atom. The fraction of sp³-hybridized carbons (Fsp3) is 0.292. The van der Waals surface area contributed by atoms with Gasteiger partial charge in [-0.3, -0.25) is 25.4 Å². The molecule has 0 unspecified atom stereocenters. The van der Waals surface area contributed by atoms with Gasteiger partial charge >= 0.3 is 24.5 Å². The van der Waals surface area contributed by atoms with Gasteiger partial charge < -0.3 is 40.7 Å². The Labute approximate surface area is 440 Å². The van der Waals surface area contributed by atoms with Gasteiger partial charge in [-0.2, -0.15) is 26.3 Å². The van der Waals surface area contributed by atoms with Crippen molar-refractivity contribution in [2.75, 3.05) is 50.0 Å². The van der Waals surface area contributed by atoms with Gasteiger partial charge in [-0.05, 0) is 91.2 Å². The van der Waals surface area contributed by atoms with Crippen LogP contribution < -0.4 is 20.7 Å². The number of hydrogen-bond donors (Lipinski definition) is 7. The molecule has 0 saturated heterocycles. The summed E-state index contributed by atoms with van der Waals surface area (Å²) in [7, 11) is 0. The van der Waals surface area contributed by atoms with Crippen LogP contribution in [0.15, 0.2) is 97.3 Å². The van der Waals surface area contributed by atoms with Gasteiger partial charge in [0.05, 0.1) is 60.7 Å². The zero-order valence-corrected chi connectivity index (χ0v) is 40.0. The van der Waals surface area contributed by atoms with Crippen molar-refractivity contribution in [3.63, 3.8) is 0 Å². The van der Waals surface area contributed by atoms with Crippen molar-refractivity contribution in [2.45, 2.75) is 52.3 Å². The quantitative estimate of drug-likeness (QED) is 0.0393. The summed E-state index contributed by atoms with van der Waals surface area (Å²) in [5.41, 5.74) is 2.12.